The van der Waals surface area contributed by atoms with Gasteiger partial charge >= 0.3 is 5.97 Å². The van der Waals surface area contributed by atoms with Gasteiger partial charge in [-0.05, 0) is 31.2 Å². The second-order valence-corrected chi connectivity index (χ2v) is 7.21. The molecule has 1 rings (SSSR count). The SMILES string of the molecule is CSc1ccc(C(=O)CCC(=O)OCC(=O)N[C@@](C)(C#N)C(C)C)cc1. The summed E-state index contributed by atoms with van der Waals surface area (Å²) >= 11 is 1.58. The predicted octanol–water partition coefficient (Wildman–Crippen LogP) is 2.97. The van der Waals surface area contributed by atoms with Crippen LogP contribution in [-0.4, -0.2) is 36.1 Å². The third kappa shape index (κ3) is 6.52. The molecule has 1 N–H and O–H groups in total. The number of hydrogen-bond donors (Lipinski definition) is 1. The van der Waals surface area contributed by atoms with E-state index in [0.717, 1.165) is 4.90 Å². The molecule has 0 saturated carbocycles. The number of nitrogens with one attached hydrogen (secondary N) is 1. The Morgan fingerprint density at radius 3 is 2.35 bits per heavy atom. The lowest BCUT2D eigenvalue weighted by Gasteiger charge is -2.27. The summed E-state index contributed by atoms with van der Waals surface area (Å²) in [5.74, 6) is -1.43. The summed E-state index contributed by atoms with van der Waals surface area (Å²) in [6, 6.07) is 9.19. The lowest BCUT2D eigenvalue weighted by Crippen LogP contribution is -2.50. The first-order valence-corrected chi connectivity index (χ1v) is 9.49. The maximum absolute atomic E-state index is 12.1. The van der Waals surface area contributed by atoms with Crippen LogP contribution in [0, 0.1) is 17.2 Å². The Kier molecular flexibility index (Phi) is 8.33. The van der Waals surface area contributed by atoms with Gasteiger partial charge in [-0.15, -0.1) is 11.8 Å². The maximum Gasteiger partial charge on any atom is 0.306 e. The monoisotopic (exact) mass is 376 g/mol. The number of nitrogens with zero attached hydrogens (tertiary/aromatic N) is 1. The molecule has 0 bridgehead atoms. The fourth-order valence-electron chi connectivity index (χ4n) is 1.98. The van der Waals surface area contributed by atoms with Crippen LogP contribution in [0.1, 0.15) is 44.0 Å². The van der Waals surface area contributed by atoms with Gasteiger partial charge in [0.1, 0.15) is 5.54 Å². The molecule has 1 amide bonds. The summed E-state index contributed by atoms with van der Waals surface area (Å²) in [5, 5.41) is 11.7. The smallest absolute Gasteiger partial charge is 0.306 e. The highest BCUT2D eigenvalue weighted by molar-refractivity contribution is 7.98. The highest BCUT2D eigenvalue weighted by atomic mass is 32.2. The van der Waals surface area contributed by atoms with Crippen molar-refractivity contribution in [1.82, 2.24) is 5.32 Å². The second-order valence-electron chi connectivity index (χ2n) is 6.33. The van der Waals surface area contributed by atoms with Crippen molar-refractivity contribution in [2.45, 2.75) is 44.0 Å². The molecule has 0 spiro atoms. The molecule has 0 unspecified atom stereocenters. The van der Waals surface area contributed by atoms with E-state index in [1.54, 1.807) is 30.8 Å². The lowest BCUT2D eigenvalue weighted by molar-refractivity contribution is -0.148. The van der Waals surface area contributed by atoms with Crippen LogP contribution >= 0.6 is 11.8 Å². The molecule has 6 nitrogen and oxygen atoms in total. The second kappa shape index (κ2) is 9.97. The van der Waals surface area contributed by atoms with Crippen LogP contribution in [-0.2, 0) is 14.3 Å². The number of rotatable bonds is 9. The standard InChI is InChI=1S/C19H24N2O4S/c1-13(2)19(3,12-20)21-17(23)11-25-18(24)10-9-16(22)14-5-7-15(26-4)8-6-14/h5-8,13H,9-11H2,1-4H3,(H,21,23)/t19-/m0/s1. The molecule has 7 heteroatoms. The summed E-state index contributed by atoms with van der Waals surface area (Å²) in [6.07, 6.45) is 1.86. The number of benzene rings is 1. The first-order valence-electron chi connectivity index (χ1n) is 8.27. The van der Waals surface area contributed by atoms with E-state index in [2.05, 4.69) is 5.32 Å². The summed E-state index contributed by atoms with van der Waals surface area (Å²) in [5.41, 5.74) is -0.488. The van der Waals surface area contributed by atoms with Crippen LogP contribution in [0.15, 0.2) is 29.2 Å². The maximum atomic E-state index is 12.1. The van der Waals surface area contributed by atoms with Crippen LogP contribution < -0.4 is 5.32 Å². The van der Waals surface area contributed by atoms with E-state index in [-0.39, 0.29) is 24.5 Å². The number of hydrogen-bond acceptors (Lipinski definition) is 6. The zero-order valence-electron chi connectivity index (χ0n) is 15.5. The number of nitriles is 1. The molecule has 0 aromatic heterocycles. The molecule has 0 aliphatic rings. The van der Waals surface area contributed by atoms with Gasteiger partial charge in [0.05, 0.1) is 12.5 Å². The van der Waals surface area contributed by atoms with Gasteiger partial charge in [0.2, 0.25) is 0 Å². The summed E-state index contributed by atoms with van der Waals surface area (Å²) in [7, 11) is 0. The Hall–Kier alpha value is -2.33. The average molecular weight is 376 g/mol. The van der Waals surface area contributed by atoms with Crippen molar-refractivity contribution in [3.63, 3.8) is 0 Å². The van der Waals surface area contributed by atoms with Crippen LogP contribution in [0.3, 0.4) is 0 Å². The largest absolute Gasteiger partial charge is 0.456 e. The molecule has 0 saturated heterocycles. The van der Waals surface area contributed by atoms with E-state index < -0.39 is 24.0 Å². The van der Waals surface area contributed by atoms with Gasteiger partial charge in [-0.1, -0.05) is 26.0 Å². The molecule has 0 fully saturated rings. The fourth-order valence-corrected chi connectivity index (χ4v) is 2.39. The molecule has 0 aliphatic carbocycles. The third-order valence-corrected chi connectivity index (χ3v) is 4.86. The number of carbonyl (C=O) groups excluding carboxylic acids is 3. The number of Topliss-reactive ketones (excluding diaryl/α,β-unsaturated/α-hetero) is 1. The van der Waals surface area contributed by atoms with E-state index in [4.69, 9.17) is 10.00 Å². The highest BCUT2D eigenvalue weighted by Crippen LogP contribution is 2.16. The summed E-state index contributed by atoms with van der Waals surface area (Å²) in [4.78, 5) is 36.7. The topological polar surface area (TPSA) is 96.3 Å². The van der Waals surface area contributed by atoms with Crippen molar-refractivity contribution in [3.8, 4) is 6.07 Å². The molecule has 0 heterocycles. The minimum absolute atomic E-state index is 0.0149. The van der Waals surface area contributed by atoms with Crippen LogP contribution in [0.2, 0.25) is 0 Å². The Bertz CT molecular complexity index is 694. The Labute approximate surface area is 158 Å². The van der Waals surface area contributed by atoms with Gasteiger partial charge < -0.3 is 10.1 Å². The zero-order chi connectivity index (χ0) is 19.7. The van der Waals surface area contributed by atoms with Crippen molar-refractivity contribution in [1.29, 1.82) is 5.26 Å². The van der Waals surface area contributed by atoms with E-state index in [1.165, 1.54) is 0 Å². The van der Waals surface area contributed by atoms with Gasteiger partial charge in [-0.2, -0.15) is 5.26 Å². The number of thioether (sulfide) groups is 1. The molecular formula is C19H24N2O4S. The number of amides is 1. The molecular weight excluding hydrogens is 352 g/mol. The number of carbonyl (C=O) groups is 3. The van der Waals surface area contributed by atoms with Gasteiger partial charge in [-0.3, -0.25) is 14.4 Å². The third-order valence-electron chi connectivity index (χ3n) is 4.12. The lowest BCUT2D eigenvalue weighted by atomic mass is 9.90. The van der Waals surface area contributed by atoms with Crippen molar-refractivity contribution in [3.05, 3.63) is 29.8 Å². The van der Waals surface area contributed by atoms with Crippen molar-refractivity contribution in [2.75, 3.05) is 12.9 Å². The number of ether oxygens (including phenoxy) is 1. The van der Waals surface area contributed by atoms with E-state index in [1.807, 2.05) is 38.3 Å². The summed E-state index contributed by atoms with van der Waals surface area (Å²) in [6.45, 7) is 4.76. The predicted molar refractivity (Wildman–Crippen MR) is 99.7 cm³/mol. The highest BCUT2D eigenvalue weighted by Gasteiger charge is 2.30. The summed E-state index contributed by atoms with van der Waals surface area (Å²) < 4.78 is 4.88. The van der Waals surface area contributed by atoms with Crippen molar-refractivity contribution in [2.24, 2.45) is 5.92 Å². The van der Waals surface area contributed by atoms with E-state index >= 15 is 0 Å². The quantitative estimate of drug-likeness (QED) is 0.404. The fraction of sp³-hybridized carbons (Fsp3) is 0.474. The average Bonchev–Trinajstić information content (AvgIpc) is 2.64. The molecule has 26 heavy (non-hydrogen) atoms. The van der Waals surface area contributed by atoms with Gasteiger partial charge in [0.25, 0.3) is 5.91 Å². The molecule has 0 aliphatic heterocycles. The van der Waals surface area contributed by atoms with Crippen LogP contribution in [0.5, 0.6) is 0 Å². The first-order chi connectivity index (χ1) is 12.2. The van der Waals surface area contributed by atoms with Gasteiger partial charge in [-0.25, -0.2) is 0 Å². The van der Waals surface area contributed by atoms with Crippen LogP contribution in [0.4, 0.5) is 0 Å². The minimum atomic E-state index is -1.03. The Morgan fingerprint density at radius 2 is 1.85 bits per heavy atom. The zero-order valence-corrected chi connectivity index (χ0v) is 16.3. The molecule has 1 aromatic carbocycles. The first kappa shape index (κ1) is 21.7. The minimum Gasteiger partial charge on any atom is -0.456 e. The van der Waals surface area contributed by atoms with Gasteiger partial charge in [0, 0.05) is 16.9 Å². The molecule has 1 aromatic rings. The molecule has 0 radical (unpaired) electrons. The molecule has 140 valence electrons. The van der Waals surface area contributed by atoms with Crippen LogP contribution in [0.25, 0.3) is 0 Å². The van der Waals surface area contributed by atoms with Gasteiger partial charge in [0.15, 0.2) is 12.4 Å². The normalized spacial score (nSPS) is 12.8. The Morgan fingerprint density at radius 1 is 1.23 bits per heavy atom. The van der Waals surface area contributed by atoms with Crippen molar-refractivity contribution < 1.29 is 19.1 Å². The van der Waals surface area contributed by atoms with E-state index in [0.29, 0.717) is 5.56 Å². The molecule has 1 atom stereocenters. The van der Waals surface area contributed by atoms with Crippen molar-refractivity contribution >= 4 is 29.4 Å². The Balaban J connectivity index is 2.41. The number of ketones is 1. The van der Waals surface area contributed by atoms with E-state index in [9.17, 15) is 14.4 Å². The number of esters is 1.